The minimum absolute atomic E-state index is 0.0638. The number of hydrogen-bond donors (Lipinski definition) is 2. The molecule has 1 aliphatic rings. The molecule has 1 aliphatic carbocycles. The Morgan fingerprint density at radius 1 is 1.37 bits per heavy atom. The molecule has 3 heteroatoms. The van der Waals surface area contributed by atoms with Crippen molar-refractivity contribution in [3.63, 3.8) is 0 Å². The number of carbonyl (C=O) groups is 1. The van der Waals surface area contributed by atoms with E-state index in [1.54, 1.807) is 0 Å². The third kappa shape index (κ3) is 3.57. The third-order valence-electron chi connectivity index (χ3n) is 4.16. The molecule has 1 atom stereocenters. The standard InChI is InChI=1S/C16H23NO2/c1-2-14(13-6-4-3-5-7-13)15(19)17-12-16(8-9-16)10-11-18/h3-7,14,18H,2,8-12H2,1H3,(H,17,19). The maximum Gasteiger partial charge on any atom is 0.227 e. The molecular formula is C16H23NO2. The van der Waals surface area contributed by atoms with Crippen molar-refractivity contribution in [2.45, 2.75) is 38.5 Å². The summed E-state index contributed by atoms with van der Waals surface area (Å²) in [4.78, 5) is 12.3. The van der Waals surface area contributed by atoms with Crippen molar-refractivity contribution in [2.24, 2.45) is 5.41 Å². The van der Waals surface area contributed by atoms with Crippen LogP contribution >= 0.6 is 0 Å². The number of rotatable bonds is 7. The Balaban J connectivity index is 1.91. The summed E-state index contributed by atoms with van der Waals surface area (Å²) in [6.45, 7) is 2.96. The summed E-state index contributed by atoms with van der Waals surface area (Å²) in [6.07, 6.45) is 3.85. The van der Waals surface area contributed by atoms with Crippen molar-refractivity contribution >= 4 is 5.91 Å². The van der Waals surface area contributed by atoms with E-state index in [1.165, 1.54) is 0 Å². The van der Waals surface area contributed by atoms with E-state index in [-0.39, 0.29) is 23.8 Å². The van der Waals surface area contributed by atoms with Crippen LogP contribution in [0.1, 0.15) is 44.1 Å². The lowest BCUT2D eigenvalue weighted by atomic mass is 9.95. The van der Waals surface area contributed by atoms with Crippen LogP contribution in [0.5, 0.6) is 0 Å². The SMILES string of the molecule is CCC(C(=O)NCC1(CCO)CC1)c1ccccc1. The first-order valence-corrected chi connectivity index (χ1v) is 7.14. The van der Waals surface area contributed by atoms with Crippen LogP contribution in [0.3, 0.4) is 0 Å². The molecule has 3 nitrogen and oxygen atoms in total. The van der Waals surface area contributed by atoms with Gasteiger partial charge in [0.2, 0.25) is 5.91 Å². The average molecular weight is 261 g/mol. The predicted octanol–water partition coefficient (Wildman–Crippen LogP) is 2.46. The van der Waals surface area contributed by atoms with Gasteiger partial charge < -0.3 is 10.4 Å². The summed E-state index contributed by atoms with van der Waals surface area (Å²) in [6, 6.07) is 9.93. The Morgan fingerprint density at radius 3 is 2.58 bits per heavy atom. The second-order valence-electron chi connectivity index (χ2n) is 5.56. The zero-order valence-electron chi connectivity index (χ0n) is 11.6. The second-order valence-corrected chi connectivity index (χ2v) is 5.56. The molecule has 0 spiro atoms. The molecule has 2 N–H and O–H groups in total. The van der Waals surface area contributed by atoms with E-state index in [0.29, 0.717) is 6.54 Å². The Kier molecular flexibility index (Phi) is 4.59. The molecule has 0 radical (unpaired) electrons. The molecule has 19 heavy (non-hydrogen) atoms. The first kappa shape index (κ1) is 14.1. The molecule has 0 saturated heterocycles. The maximum atomic E-state index is 12.3. The average Bonchev–Trinajstić information content (AvgIpc) is 3.19. The molecule has 0 aromatic heterocycles. The van der Waals surface area contributed by atoms with Gasteiger partial charge in [-0.2, -0.15) is 0 Å². The van der Waals surface area contributed by atoms with Crippen LogP contribution in [-0.2, 0) is 4.79 Å². The van der Waals surface area contributed by atoms with E-state index in [9.17, 15) is 4.79 Å². The minimum atomic E-state index is -0.0638. The number of nitrogens with one attached hydrogen (secondary N) is 1. The van der Waals surface area contributed by atoms with Crippen LogP contribution in [0.15, 0.2) is 30.3 Å². The molecule has 1 fully saturated rings. The first-order chi connectivity index (χ1) is 9.21. The van der Waals surface area contributed by atoms with Gasteiger partial charge in [0, 0.05) is 13.2 Å². The quantitative estimate of drug-likeness (QED) is 0.792. The highest BCUT2D eigenvalue weighted by Gasteiger charge is 2.42. The topological polar surface area (TPSA) is 49.3 Å². The highest BCUT2D eigenvalue weighted by atomic mass is 16.3. The predicted molar refractivity (Wildman–Crippen MR) is 75.9 cm³/mol. The molecule has 1 aromatic carbocycles. The second kappa shape index (κ2) is 6.20. The minimum Gasteiger partial charge on any atom is -0.396 e. The van der Waals surface area contributed by atoms with Gasteiger partial charge in [-0.3, -0.25) is 4.79 Å². The van der Waals surface area contributed by atoms with Gasteiger partial charge in [0.15, 0.2) is 0 Å². The Hall–Kier alpha value is -1.35. The van der Waals surface area contributed by atoms with Crippen molar-refractivity contribution in [3.8, 4) is 0 Å². The lowest BCUT2D eigenvalue weighted by molar-refractivity contribution is -0.122. The van der Waals surface area contributed by atoms with Crippen LogP contribution < -0.4 is 5.32 Å². The van der Waals surface area contributed by atoms with Crippen LogP contribution in [0.2, 0.25) is 0 Å². The molecule has 0 heterocycles. The van der Waals surface area contributed by atoms with Crippen molar-refractivity contribution < 1.29 is 9.90 Å². The zero-order valence-corrected chi connectivity index (χ0v) is 11.6. The molecule has 0 bridgehead atoms. The summed E-state index contributed by atoms with van der Waals surface area (Å²) in [7, 11) is 0. The van der Waals surface area contributed by atoms with E-state index >= 15 is 0 Å². The fourth-order valence-corrected chi connectivity index (χ4v) is 2.58. The lowest BCUT2D eigenvalue weighted by Crippen LogP contribution is -2.34. The molecule has 1 amide bonds. The molecule has 1 saturated carbocycles. The first-order valence-electron chi connectivity index (χ1n) is 7.14. The summed E-state index contributed by atoms with van der Waals surface area (Å²) in [5.74, 6) is 0.0454. The molecule has 104 valence electrons. The van der Waals surface area contributed by atoms with Crippen LogP contribution in [0.25, 0.3) is 0 Å². The van der Waals surface area contributed by atoms with E-state index in [2.05, 4.69) is 5.32 Å². The number of hydrogen-bond acceptors (Lipinski definition) is 2. The monoisotopic (exact) mass is 261 g/mol. The third-order valence-corrected chi connectivity index (χ3v) is 4.16. The number of carbonyl (C=O) groups excluding carboxylic acids is 1. The fourth-order valence-electron chi connectivity index (χ4n) is 2.58. The van der Waals surface area contributed by atoms with Crippen LogP contribution in [0.4, 0.5) is 0 Å². The smallest absolute Gasteiger partial charge is 0.227 e. The van der Waals surface area contributed by atoms with Crippen molar-refractivity contribution in [2.75, 3.05) is 13.2 Å². The van der Waals surface area contributed by atoms with Gasteiger partial charge in [-0.1, -0.05) is 37.3 Å². The molecule has 1 unspecified atom stereocenters. The van der Waals surface area contributed by atoms with Crippen molar-refractivity contribution in [1.29, 1.82) is 0 Å². The number of aliphatic hydroxyl groups is 1. The van der Waals surface area contributed by atoms with E-state index < -0.39 is 0 Å². The van der Waals surface area contributed by atoms with Gasteiger partial charge >= 0.3 is 0 Å². The highest BCUT2D eigenvalue weighted by Crippen LogP contribution is 2.47. The molecule has 2 rings (SSSR count). The highest BCUT2D eigenvalue weighted by molar-refractivity contribution is 5.83. The zero-order chi connectivity index (χ0) is 13.7. The summed E-state index contributed by atoms with van der Waals surface area (Å²) >= 11 is 0. The van der Waals surface area contributed by atoms with Gasteiger partial charge in [-0.15, -0.1) is 0 Å². The van der Waals surface area contributed by atoms with Gasteiger partial charge in [-0.05, 0) is 36.7 Å². The summed E-state index contributed by atoms with van der Waals surface area (Å²) < 4.78 is 0. The van der Waals surface area contributed by atoms with Crippen LogP contribution in [0, 0.1) is 5.41 Å². The Labute approximate surface area is 115 Å². The number of amides is 1. The van der Waals surface area contributed by atoms with Gasteiger partial charge in [0.05, 0.1) is 5.92 Å². The van der Waals surface area contributed by atoms with Crippen molar-refractivity contribution in [1.82, 2.24) is 5.32 Å². The van der Waals surface area contributed by atoms with Crippen LogP contribution in [-0.4, -0.2) is 24.2 Å². The summed E-state index contributed by atoms with van der Waals surface area (Å²) in [5.41, 5.74) is 1.26. The van der Waals surface area contributed by atoms with Crippen molar-refractivity contribution in [3.05, 3.63) is 35.9 Å². The molecule has 0 aliphatic heterocycles. The van der Waals surface area contributed by atoms with Gasteiger partial charge in [0.25, 0.3) is 0 Å². The lowest BCUT2D eigenvalue weighted by Gasteiger charge is -2.19. The van der Waals surface area contributed by atoms with Gasteiger partial charge in [-0.25, -0.2) is 0 Å². The molecular weight excluding hydrogens is 238 g/mol. The Bertz CT molecular complexity index is 412. The summed E-state index contributed by atoms with van der Waals surface area (Å²) in [5, 5.41) is 12.1. The van der Waals surface area contributed by atoms with Gasteiger partial charge in [0.1, 0.15) is 0 Å². The fraction of sp³-hybridized carbons (Fsp3) is 0.562. The largest absolute Gasteiger partial charge is 0.396 e. The number of benzene rings is 1. The molecule has 1 aromatic rings. The maximum absolute atomic E-state index is 12.3. The van der Waals surface area contributed by atoms with E-state index in [0.717, 1.165) is 31.2 Å². The normalized spacial score (nSPS) is 17.8. The number of aliphatic hydroxyl groups excluding tert-OH is 1. The Morgan fingerprint density at radius 2 is 2.05 bits per heavy atom. The van der Waals surface area contributed by atoms with E-state index in [4.69, 9.17) is 5.11 Å². The van der Waals surface area contributed by atoms with E-state index in [1.807, 2.05) is 37.3 Å².